The summed E-state index contributed by atoms with van der Waals surface area (Å²) >= 11 is 0. The first-order valence-electron chi connectivity index (χ1n) is 8.40. The number of sulfone groups is 1. The zero-order valence-electron chi connectivity index (χ0n) is 15.9. The van der Waals surface area contributed by atoms with E-state index in [2.05, 4.69) is 14.7 Å². The van der Waals surface area contributed by atoms with E-state index in [4.69, 9.17) is 0 Å². The van der Waals surface area contributed by atoms with Crippen LogP contribution in [0.3, 0.4) is 0 Å². The number of esters is 1. The minimum atomic E-state index is -4.79. The summed E-state index contributed by atoms with van der Waals surface area (Å²) in [7, 11) is -1.55. The molecule has 0 aliphatic carbocycles. The smallest absolute Gasteiger partial charge is 0.417 e. The topological polar surface area (TPSA) is 115 Å². The van der Waals surface area contributed by atoms with Gasteiger partial charge in [-0.1, -0.05) is 6.92 Å². The number of carbonyl (C=O) groups excluding carboxylic acids is 1. The number of carbonyl (C=O) groups is 1. The zero-order valence-corrected chi connectivity index (χ0v) is 16.7. The van der Waals surface area contributed by atoms with Gasteiger partial charge < -0.3 is 9.94 Å². The van der Waals surface area contributed by atoms with Crippen molar-refractivity contribution in [2.24, 2.45) is 7.05 Å². The van der Waals surface area contributed by atoms with Crippen LogP contribution in [0.15, 0.2) is 29.4 Å². The van der Waals surface area contributed by atoms with Crippen molar-refractivity contribution in [3.05, 3.63) is 35.7 Å². The summed E-state index contributed by atoms with van der Waals surface area (Å²) in [6, 6.07) is 1.79. The second-order valence-corrected chi connectivity index (χ2v) is 8.49. The molecule has 3 rings (SSSR count). The third kappa shape index (κ3) is 3.56. The Labute approximate surface area is 168 Å². The van der Waals surface area contributed by atoms with Gasteiger partial charge in [0.15, 0.2) is 21.6 Å². The van der Waals surface area contributed by atoms with Gasteiger partial charge in [0.05, 0.1) is 30.4 Å². The lowest BCUT2D eigenvalue weighted by Gasteiger charge is -2.11. The van der Waals surface area contributed by atoms with E-state index < -0.39 is 38.2 Å². The third-order valence-corrected chi connectivity index (χ3v) is 6.13. The summed E-state index contributed by atoms with van der Waals surface area (Å²) in [5.74, 6) is -1.33. The highest BCUT2D eigenvalue weighted by molar-refractivity contribution is 7.91. The monoisotopic (exact) mass is 445 g/mol. The van der Waals surface area contributed by atoms with Crippen LogP contribution in [0.25, 0.3) is 22.7 Å². The van der Waals surface area contributed by atoms with E-state index in [9.17, 15) is 31.6 Å². The van der Waals surface area contributed by atoms with E-state index in [1.54, 1.807) is 0 Å². The van der Waals surface area contributed by atoms with E-state index in [1.807, 2.05) is 0 Å². The van der Waals surface area contributed by atoms with Gasteiger partial charge in [0.1, 0.15) is 11.3 Å². The summed E-state index contributed by atoms with van der Waals surface area (Å²) in [6.45, 7) is 1.29. The first-order valence-corrected chi connectivity index (χ1v) is 10.1. The molecule has 0 aliphatic heterocycles. The van der Waals surface area contributed by atoms with Crippen molar-refractivity contribution in [3.63, 3.8) is 0 Å². The number of aryl methyl sites for hydroxylation is 1. The number of rotatable bonds is 4. The van der Waals surface area contributed by atoms with Crippen LogP contribution in [-0.2, 0) is 27.8 Å². The second kappa shape index (κ2) is 7.23. The van der Waals surface area contributed by atoms with Crippen molar-refractivity contribution in [1.29, 1.82) is 0 Å². The number of methoxy groups -OCH3 is 1. The minimum Gasteiger partial charge on any atom is -0.465 e. The van der Waals surface area contributed by atoms with E-state index in [0.717, 1.165) is 13.3 Å². The zero-order chi connectivity index (χ0) is 22.4. The summed E-state index contributed by atoms with van der Waals surface area (Å²) in [5, 5.41) is 10.2. The number of hydrogen-bond donors (Lipinski definition) is 1. The largest absolute Gasteiger partial charge is 0.465 e. The fourth-order valence-electron chi connectivity index (χ4n) is 2.86. The first-order chi connectivity index (χ1) is 13.9. The van der Waals surface area contributed by atoms with Crippen LogP contribution < -0.4 is 4.73 Å². The van der Waals surface area contributed by atoms with E-state index >= 15 is 0 Å². The molecule has 0 aliphatic rings. The van der Waals surface area contributed by atoms with Gasteiger partial charge in [-0.2, -0.15) is 18.2 Å². The van der Waals surface area contributed by atoms with Gasteiger partial charge in [-0.05, 0) is 16.9 Å². The van der Waals surface area contributed by atoms with Crippen molar-refractivity contribution < 1.29 is 41.1 Å². The Bertz CT molecular complexity index is 1270. The van der Waals surface area contributed by atoms with Crippen LogP contribution in [0, 0.1) is 0 Å². The molecule has 0 fully saturated rings. The lowest BCUT2D eigenvalue weighted by atomic mass is 10.2. The van der Waals surface area contributed by atoms with Gasteiger partial charge in [0.25, 0.3) is 0 Å². The van der Waals surface area contributed by atoms with Crippen LogP contribution in [0.1, 0.15) is 22.8 Å². The standard InChI is InChI=1S/C17H16F3N4O5S/c1-4-30(27,28)12-6-10(17(18,19)20)7-21-13(12)14-22-11-5-9(16(25)29-3)8-24(26)15(11)23(14)2/h5-8,26H,4H2,1-3H3/q+1. The Hall–Kier alpha value is -3.22. The molecule has 1 N–H and O–H groups in total. The number of alkyl halides is 3. The predicted octanol–water partition coefficient (Wildman–Crippen LogP) is 1.76. The molecule has 9 nitrogen and oxygen atoms in total. The fourth-order valence-corrected chi connectivity index (χ4v) is 3.91. The Morgan fingerprint density at radius 3 is 2.57 bits per heavy atom. The molecule has 3 aromatic heterocycles. The number of nitrogens with zero attached hydrogens (tertiary/aromatic N) is 4. The number of pyridine rings is 2. The molecule has 0 saturated carbocycles. The van der Waals surface area contributed by atoms with Crippen LogP contribution in [-0.4, -0.2) is 47.0 Å². The molecule has 0 amide bonds. The molecule has 160 valence electrons. The quantitative estimate of drug-likeness (QED) is 0.370. The molecule has 0 spiro atoms. The average Bonchev–Trinajstić information content (AvgIpc) is 3.02. The van der Waals surface area contributed by atoms with Gasteiger partial charge >= 0.3 is 17.8 Å². The number of halogens is 3. The molecule has 3 heterocycles. The molecule has 30 heavy (non-hydrogen) atoms. The average molecular weight is 445 g/mol. The summed E-state index contributed by atoms with van der Waals surface area (Å²) in [4.78, 5) is 19.0. The van der Waals surface area contributed by atoms with E-state index in [0.29, 0.717) is 17.0 Å². The van der Waals surface area contributed by atoms with Crippen LogP contribution in [0.5, 0.6) is 0 Å². The summed E-state index contributed by atoms with van der Waals surface area (Å²) < 4.78 is 70.7. The molecular formula is C17H16F3N4O5S+. The van der Waals surface area contributed by atoms with Gasteiger partial charge in [-0.15, -0.1) is 0 Å². The lowest BCUT2D eigenvalue weighted by Crippen LogP contribution is -2.33. The minimum absolute atomic E-state index is 0.0427. The molecular weight excluding hydrogens is 429 g/mol. The highest BCUT2D eigenvalue weighted by Gasteiger charge is 2.35. The summed E-state index contributed by atoms with van der Waals surface area (Å²) in [5.41, 5.74) is -1.46. The van der Waals surface area contributed by atoms with Crippen LogP contribution in [0.2, 0.25) is 0 Å². The maximum atomic E-state index is 13.1. The Morgan fingerprint density at radius 2 is 2.00 bits per heavy atom. The van der Waals surface area contributed by atoms with E-state index in [1.165, 1.54) is 24.6 Å². The molecule has 3 aromatic rings. The third-order valence-electron chi connectivity index (χ3n) is 4.39. The van der Waals surface area contributed by atoms with Crippen molar-refractivity contribution in [3.8, 4) is 11.5 Å². The van der Waals surface area contributed by atoms with Gasteiger partial charge in [0, 0.05) is 6.20 Å². The van der Waals surface area contributed by atoms with Gasteiger partial charge in [-0.3, -0.25) is 0 Å². The second-order valence-electron chi connectivity index (χ2n) is 6.24. The van der Waals surface area contributed by atoms with Crippen LogP contribution >= 0.6 is 0 Å². The number of hydrogen-bond acceptors (Lipinski definition) is 7. The highest BCUT2D eigenvalue weighted by Crippen LogP contribution is 2.34. The first kappa shape index (κ1) is 21.5. The van der Waals surface area contributed by atoms with Crippen molar-refractivity contribution >= 4 is 27.0 Å². The van der Waals surface area contributed by atoms with Gasteiger partial charge in [0.2, 0.25) is 5.82 Å². The Morgan fingerprint density at radius 1 is 1.33 bits per heavy atom. The molecule has 0 aromatic carbocycles. The number of fused-ring (bicyclic) bond motifs is 1. The van der Waals surface area contributed by atoms with Crippen molar-refractivity contribution in [2.75, 3.05) is 12.9 Å². The molecule has 0 saturated heterocycles. The van der Waals surface area contributed by atoms with Crippen molar-refractivity contribution in [1.82, 2.24) is 14.5 Å². The number of aromatic nitrogens is 4. The summed E-state index contributed by atoms with van der Waals surface area (Å²) in [6.07, 6.45) is -3.22. The molecule has 0 radical (unpaired) electrons. The highest BCUT2D eigenvalue weighted by atomic mass is 32.2. The maximum absolute atomic E-state index is 13.1. The molecule has 0 unspecified atom stereocenters. The van der Waals surface area contributed by atoms with E-state index in [-0.39, 0.29) is 28.2 Å². The lowest BCUT2D eigenvalue weighted by molar-refractivity contribution is -0.886. The Kier molecular flexibility index (Phi) is 5.18. The molecule has 0 atom stereocenters. The number of imidazole rings is 1. The predicted molar refractivity (Wildman–Crippen MR) is 95.4 cm³/mol. The van der Waals surface area contributed by atoms with Gasteiger partial charge in [-0.25, -0.2) is 22.8 Å². The normalized spacial score (nSPS) is 12.3. The maximum Gasteiger partial charge on any atom is 0.417 e. The van der Waals surface area contributed by atoms with Crippen molar-refractivity contribution in [2.45, 2.75) is 18.0 Å². The number of ether oxygens (including phenoxy) is 1. The fraction of sp³-hybridized carbons (Fsp3) is 0.294. The van der Waals surface area contributed by atoms with Crippen LogP contribution in [0.4, 0.5) is 13.2 Å². The Balaban J connectivity index is 2.34. The molecule has 0 bridgehead atoms. The molecule has 13 heteroatoms. The SMILES string of the molecule is CCS(=O)(=O)c1cc(C(F)(F)F)cnc1-c1nc2cc(C(=O)OC)c[n+](O)c2n1C.